The Morgan fingerprint density at radius 3 is 1.60 bits per heavy atom. The Hall–Kier alpha value is -1.48. The van der Waals surface area contributed by atoms with Gasteiger partial charge in [-0.05, 0) is 13.8 Å². The molecule has 0 amide bonds. The summed E-state index contributed by atoms with van der Waals surface area (Å²) in [5, 5.41) is 9.91. The van der Waals surface area contributed by atoms with E-state index >= 15 is 0 Å². The van der Waals surface area contributed by atoms with Gasteiger partial charge in [-0.2, -0.15) is 0 Å². The lowest BCUT2D eigenvalue weighted by Gasteiger charge is -2.13. The molecule has 8 heteroatoms. The van der Waals surface area contributed by atoms with Crippen LogP contribution in [0, 0.1) is 13.8 Å². The van der Waals surface area contributed by atoms with Crippen molar-refractivity contribution >= 4 is 45.3 Å². The molecule has 0 saturated heterocycles. The van der Waals surface area contributed by atoms with Crippen molar-refractivity contribution in [1.82, 2.24) is 19.9 Å². The van der Waals surface area contributed by atoms with Gasteiger partial charge in [-0.15, -0.1) is 45.3 Å². The maximum atomic E-state index is 4.33. The summed E-state index contributed by atoms with van der Waals surface area (Å²) in [5.41, 5.74) is 4.43. The van der Waals surface area contributed by atoms with Crippen LogP contribution in [0.3, 0.4) is 0 Å². The number of rotatable bonds is 3. The predicted octanol–water partition coefficient (Wildman–Crippen LogP) is 9.86. The summed E-state index contributed by atoms with van der Waals surface area (Å²) in [7, 11) is 0. The Morgan fingerprint density at radius 2 is 1.37 bits per heavy atom. The Kier molecular flexibility index (Phi) is 14.1. The molecule has 0 aliphatic rings. The van der Waals surface area contributed by atoms with Crippen LogP contribution in [0.15, 0.2) is 34.0 Å². The maximum absolute atomic E-state index is 4.33. The second-order valence-electron chi connectivity index (χ2n) is 10.1. The molecule has 0 N–H and O–H groups in total. The highest BCUT2D eigenvalue weighted by Gasteiger charge is 2.14. The summed E-state index contributed by atoms with van der Waals surface area (Å²) in [6, 6.07) is 0. The van der Waals surface area contributed by atoms with Gasteiger partial charge in [0.05, 0.1) is 26.2 Å². The van der Waals surface area contributed by atoms with E-state index in [4.69, 9.17) is 0 Å². The van der Waals surface area contributed by atoms with E-state index in [1.54, 1.807) is 45.3 Å². The standard InChI is InChI=1S/3C7H11NS.C6H9NS/c1-7(2,3)6-4-9-5-8-6;1-5(2)7-8-6(3)4-9-7;1-5(2)7-8-4-6(3)9-7;1-5(2)6-7-3-4-8-6/h3*4-5H,1-3H3;3-5H,1-2H3. The topological polar surface area (TPSA) is 51.6 Å². The average Bonchev–Trinajstić information content (AvgIpc) is 3.55. The van der Waals surface area contributed by atoms with Crippen LogP contribution in [0.1, 0.15) is 111 Å². The summed E-state index contributed by atoms with van der Waals surface area (Å²) in [6.45, 7) is 23.6. The average molecular weight is 551 g/mol. The predicted molar refractivity (Wildman–Crippen MR) is 159 cm³/mol. The normalized spacial score (nSPS) is 10.9. The minimum atomic E-state index is 0.222. The first-order valence-corrected chi connectivity index (χ1v) is 15.5. The monoisotopic (exact) mass is 550 g/mol. The van der Waals surface area contributed by atoms with Crippen molar-refractivity contribution in [3.8, 4) is 0 Å². The van der Waals surface area contributed by atoms with Gasteiger partial charge >= 0.3 is 0 Å². The lowest BCUT2D eigenvalue weighted by Crippen LogP contribution is -2.10. The molecule has 0 saturated carbocycles. The van der Waals surface area contributed by atoms with Crippen LogP contribution >= 0.6 is 45.3 Å². The summed E-state index contributed by atoms with van der Waals surface area (Å²) in [6.07, 6.45) is 3.78. The molecule has 0 radical (unpaired) electrons. The van der Waals surface area contributed by atoms with Gasteiger partial charge in [0.25, 0.3) is 0 Å². The van der Waals surface area contributed by atoms with Crippen molar-refractivity contribution in [3.05, 3.63) is 65.3 Å². The molecule has 4 aromatic rings. The molecular formula is C27H42N4S4. The Morgan fingerprint density at radius 1 is 0.743 bits per heavy atom. The number of thiazole rings is 4. The number of aromatic nitrogens is 4. The van der Waals surface area contributed by atoms with Gasteiger partial charge in [0.1, 0.15) is 0 Å². The van der Waals surface area contributed by atoms with Gasteiger partial charge in [-0.1, -0.05) is 62.3 Å². The second-order valence-corrected chi connectivity index (χ2v) is 13.9. The minimum absolute atomic E-state index is 0.222. The molecule has 4 heterocycles. The fourth-order valence-electron chi connectivity index (χ4n) is 2.38. The summed E-state index contributed by atoms with van der Waals surface area (Å²) >= 11 is 6.91. The number of nitrogens with zero attached hydrogens (tertiary/aromatic N) is 4. The smallest absolute Gasteiger partial charge is 0.0953 e. The van der Waals surface area contributed by atoms with Crippen molar-refractivity contribution in [2.24, 2.45) is 0 Å². The highest BCUT2D eigenvalue weighted by molar-refractivity contribution is 7.11. The van der Waals surface area contributed by atoms with Gasteiger partial charge in [-0.25, -0.2) is 19.9 Å². The van der Waals surface area contributed by atoms with Gasteiger partial charge in [0.15, 0.2) is 0 Å². The van der Waals surface area contributed by atoms with Crippen LogP contribution in [0.2, 0.25) is 0 Å². The molecule has 4 nitrogen and oxygen atoms in total. The van der Waals surface area contributed by atoms with E-state index < -0.39 is 0 Å². The lowest BCUT2D eigenvalue weighted by molar-refractivity contribution is 0.573. The third-order valence-electron chi connectivity index (χ3n) is 4.41. The van der Waals surface area contributed by atoms with E-state index in [1.165, 1.54) is 25.6 Å². The summed E-state index contributed by atoms with van der Waals surface area (Å²) in [5.74, 6) is 1.77. The molecule has 4 aromatic heterocycles. The Bertz CT molecular complexity index is 993. The first-order valence-electron chi connectivity index (χ1n) is 11.9. The van der Waals surface area contributed by atoms with Gasteiger partial charge < -0.3 is 0 Å². The third kappa shape index (κ3) is 12.9. The molecule has 194 valence electrons. The largest absolute Gasteiger partial charge is 0.249 e. The van der Waals surface area contributed by atoms with Crippen molar-refractivity contribution in [1.29, 1.82) is 0 Å². The second kappa shape index (κ2) is 15.6. The maximum Gasteiger partial charge on any atom is 0.0953 e. The zero-order chi connectivity index (χ0) is 26.6. The van der Waals surface area contributed by atoms with E-state index in [0.29, 0.717) is 17.8 Å². The van der Waals surface area contributed by atoms with Crippen LogP contribution in [-0.2, 0) is 5.41 Å². The van der Waals surface area contributed by atoms with Crippen LogP contribution in [0.25, 0.3) is 0 Å². The van der Waals surface area contributed by atoms with Crippen molar-refractivity contribution in [2.45, 2.75) is 99.3 Å². The van der Waals surface area contributed by atoms with Gasteiger partial charge in [0.2, 0.25) is 0 Å². The van der Waals surface area contributed by atoms with Crippen LogP contribution in [0.4, 0.5) is 0 Å². The summed E-state index contributed by atoms with van der Waals surface area (Å²) in [4.78, 5) is 18.2. The first kappa shape index (κ1) is 31.5. The molecule has 0 spiro atoms. The van der Waals surface area contributed by atoms with Gasteiger partial charge in [0, 0.05) is 62.3 Å². The fraction of sp³-hybridized carbons (Fsp3) is 0.556. The molecular weight excluding hydrogens is 509 g/mol. The Balaban J connectivity index is 0.000000234. The van der Waals surface area contributed by atoms with E-state index in [9.17, 15) is 0 Å². The Labute approximate surface area is 229 Å². The third-order valence-corrected chi connectivity index (χ3v) is 8.55. The number of hydrogen-bond acceptors (Lipinski definition) is 8. The first-order chi connectivity index (χ1) is 16.3. The molecule has 0 fully saturated rings. The molecule has 4 rings (SSSR count). The number of aryl methyl sites for hydroxylation is 2. The molecule has 0 aliphatic carbocycles. The summed E-state index contributed by atoms with van der Waals surface area (Å²) < 4.78 is 0. The highest BCUT2D eigenvalue weighted by atomic mass is 32.1. The van der Waals surface area contributed by atoms with Crippen LogP contribution < -0.4 is 0 Å². The molecule has 35 heavy (non-hydrogen) atoms. The van der Waals surface area contributed by atoms with E-state index in [-0.39, 0.29) is 5.41 Å². The molecule has 0 unspecified atom stereocenters. The highest BCUT2D eigenvalue weighted by Crippen LogP contribution is 2.21. The number of hydrogen-bond donors (Lipinski definition) is 0. The van der Waals surface area contributed by atoms with Crippen molar-refractivity contribution in [2.75, 3.05) is 0 Å². The van der Waals surface area contributed by atoms with Crippen molar-refractivity contribution in [3.63, 3.8) is 0 Å². The van der Waals surface area contributed by atoms with E-state index in [0.717, 1.165) is 5.69 Å². The lowest BCUT2D eigenvalue weighted by atomic mass is 9.93. The molecule has 0 bridgehead atoms. The van der Waals surface area contributed by atoms with Crippen molar-refractivity contribution < 1.29 is 0 Å². The molecule has 0 aromatic carbocycles. The molecule has 0 atom stereocenters. The van der Waals surface area contributed by atoms with E-state index in [1.807, 2.05) is 30.2 Å². The van der Waals surface area contributed by atoms with E-state index in [2.05, 4.69) is 99.9 Å². The van der Waals surface area contributed by atoms with Gasteiger partial charge in [-0.3, -0.25) is 0 Å². The quantitative estimate of drug-likeness (QED) is 0.255. The zero-order valence-corrected chi connectivity index (χ0v) is 26.4. The fourth-order valence-corrected chi connectivity index (χ4v) is 5.40. The zero-order valence-electron chi connectivity index (χ0n) is 23.1. The van der Waals surface area contributed by atoms with Crippen LogP contribution in [0.5, 0.6) is 0 Å². The minimum Gasteiger partial charge on any atom is -0.249 e. The SMILES string of the molecule is CC(C)(C)c1cscn1.CC(C)c1nccs1.Cc1cnc(C(C)C)s1.Cc1csc(C(C)C)n1. The van der Waals surface area contributed by atoms with Crippen LogP contribution in [-0.4, -0.2) is 19.9 Å². The molecule has 0 aliphatic heterocycles.